The molecule has 1 aromatic carbocycles. The lowest BCUT2D eigenvalue weighted by Gasteiger charge is -2.13. The molecule has 0 bridgehead atoms. The molecule has 0 amide bonds. The minimum Gasteiger partial charge on any atom is -0.464 e. The van der Waals surface area contributed by atoms with Crippen molar-refractivity contribution in [1.82, 2.24) is 0 Å². The highest BCUT2D eigenvalue weighted by atomic mass is 35.5. The third-order valence-electron chi connectivity index (χ3n) is 1.45. The minimum atomic E-state index is -4.23. The van der Waals surface area contributed by atoms with Crippen LogP contribution in [0.3, 0.4) is 0 Å². The molecular formula is C8H8Cl2O5S. The molecular weight excluding hydrogens is 279 g/mol. The highest BCUT2D eigenvalue weighted by Crippen LogP contribution is 2.17. The van der Waals surface area contributed by atoms with Crippen molar-refractivity contribution >= 4 is 33.9 Å². The van der Waals surface area contributed by atoms with Gasteiger partial charge in [-0.1, -0.05) is 11.6 Å². The second-order valence-electron chi connectivity index (χ2n) is 2.71. The van der Waals surface area contributed by atoms with E-state index in [0.29, 0.717) is 10.8 Å². The Labute approximate surface area is 103 Å². The van der Waals surface area contributed by atoms with Crippen LogP contribution in [-0.4, -0.2) is 14.7 Å². The van der Waals surface area contributed by atoms with Crippen molar-refractivity contribution in [2.24, 2.45) is 0 Å². The van der Waals surface area contributed by atoms with E-state index in [1.807, 2.05) is 0 Å². The smallest absolute Gasteiger partial charge is 0.419 e. The molecule has 1 aromatic rings. The molecule has 5 nitrogen and oxygen atoms in total. The van der Waals surface area contributed by atoms with Crippen LogP contribution in [0.4, 0.5) is 0 Å². The summed E-state index contributed by atoms with van der Waals surface area (Å²) in [6.07, 6.45) is -1.06. The average molecular weight is 287 g/mol. The highest BCUT2D eigenvalue weighted by Gasteiger charge is 2.17. The molecule has 1 atom stereocenters. The van der Waals surface area contributed by atoms with Gasteiger partial charge in [0.25, 0.3) is 0 Å². The maximum Gasteiger partial charge on any atom is 0.419 e. The van der Waals surface area contributed by atoms with Crippen LogP contribution in [0.1, 0.15) is 6.92 Å². The standard InChI is InChI=1S/C8H8Cl2O5S/c1-6(14-16(11,12)15-10)13-8-4-2-7(9)3-5-8/h2-6H,1H3. The average Bonchev–Trinajstić information content (AvgIpc) is 2.21. The minimum absolute atomic E-state index is 0.404. The second-order valence-corrected chi connectivity index (χ2v) is 4.66. The SMILES string of the molecule is CC(Oc1ccc(Cl)cc1)OS(=O)(=O)OCl. The molecule has 0 radical (unpaired) electrons. The molecule has 0 fully saturated rings. The van der Waals surface area contributed by atoms with Crippen LogP contribution in [0.15, 0.2) is 24.3 Å². The fourth-order valence-corrected chi connectivity index (χ4v) is 1.52. The lowest BCUT2D eigenvalue weighted by molar-refractivity contribution is 0.0205. The van der Waals surface area contributed by atoms with Crippen molar-refractivity contribution in [2.75, 3.05) is 0 Å². The third kappa shape index (κ3) is 4.54. The summed E-state index contributed by atoms with van der Waals surface area (Å²) in [6, 6.07) is 6.32. The molecule has 0 aliphatic heterocycles. The molecule has 0 saturated carbocycles. The van der Waals surface area contributed by atoms with E-state index < -0.39 is 16.7 Å². The van der Waals surface area contributed by atoms with E-state index in [2.05, 4.69) is 19.8 Å². The Kier molecular flexibility index (Phi) is 4.82. The summed E-state index contributed by atoms with van der Waals surface area (Å²) in [4.78, 5) is 0. The fourth-order valence-electron chi connectivity index (χ4n) is 0.905. The van der Waals surface area contributed by atoms with E-state index in [1.54, 1.807) is 24.3 Å². The molecule has 0 spiro atoms. The van der Waals surface area contributed by atoms with Gasteiger partial charge in [-0.2, -0.15) is 8.42 Å². The Morgan fingerprint density at radius 1 is 1.25 bits per heavy atom. The van der Waals surface area contributed by atoms with E-state index in [1.165, 1.54) is 6.92 Å². The van der Waals surface area contributed by atoms with Crippen LogP contribution in [0.5, 0.6) is 5.75 Å². The lowest BCUT2D eigenvalue weighted by Crippen LogP contribution is -2.20. The van der Waals surface area contributed by atoms with Gasteiger partial charge in [0.2, 0.25) is 6.29 Å². The number of ether oxygens (including phenoxy) is 1. The largest absolute Gasteiger partial charge is 0.464 e. The molecule has 8 heteroatoms. The van der Waals surface area contributed by atoms with Crippen molar-refractivity contribution in [3.63, 3.8) is 0 Å². The second kappa shape index (κ2) is 5.70. The zero-order valence-electron chi connectivity index (χ0n) is 8.09. The van der Waals surface area contributed by atoms with Crippen LogP contribution in [0, 0.1) is 0 Å². The predicted molar refractivity (Wildman–Crippen MR) is 58.5 cm³/mol. The Morgan fingerprint density at radius 2 is 1.81 bits per heavy atom. The topological polar surface area (TPSA) is 61.8 Å². The first-order valence-corrected chi connectivity index (χ1v) is 6.10. The summed E-state index contributed by atoms with van der Waals surface area (Å²) in [5, 5.41) is 0.539. The van der Waals surface area contributed by atoms with Gasteiger partial charge in [-0.3, -0.25) is 0 Å². The van der Waals surface area contributed by atoms with Crippen LogP contribution >= 0.6 is 23.5 Å². The van der Waals surface area contributed by atoms with Crippen molar-refractivity contribution in [1.29, 1.82) is 0 Å². The van der Waals surface area contributed by atoms with E-state index in [9.17, 15) is 8.42 Å². The summed E-state index contributed by atoms with van der Waals surface area (Å²) in [6.45, 7) is 1.38. The Morgan fingerprint density at radius 3 is 2.31 bits per heavy atom. The Balaban J connectivity index is 2.58. The molecule has 0 heterocycles. The van der Waals surface area contributed by atoms with Gasteiger partial charge < -0.3 is 4.74 Å². The van der Waals surface area contributed by atoms with Crippen molar-refractivity contribution < 1.29 is 21.1 Å². The Hall–Kier alpha value is -0.530. The third-order valence-corrected chi connectivity index (χ3v) is 2.82. The summed E-state index contributed by atoms with van der Waals surface area (Å²) < 4.78 is 34.6. The van der Waals surface area contributed by atoms with Crippen LogP contribution in [0.25, 0.3) is 0 Å². The summed E-state index contributed by atoms with van der Waals surface area (Å²) in [7, 11) is -4.23. The molecule has 0 aromatic heterocycles. The first kappa shape index (κ1) is 13.5. The lowest BCUT2D eigenvalue weighted by atomic mass is 10.3. The zero-order valence-corrected chi connectivity index (χ0v) is 10.4. The molecule has 0 N–H and O–H groups in total. The van der Waals surface area contributed by atoms with Crippen molar-refractivity contribution in [3.8, 4) is 5.75 Å². The number of rotatable bonds is 5. The molecule has 0 aliphatic rings. The van der Waals surface area contributed by atoms with Gasteiger partial charge in [0, 0.05) is 5.02 Å². The van der Waals surface area contributed by atoms with Gasteiger partial charge >= 0.3 is 10.4 Å². The van der Waals surface area contributed by atoms with Gasteiger partial charge in [0.15, 0.2) is 0 Å². The number of hydrogen-bond donors (Lipinski definition) is 0. The summed E-state index contributed by atoms with van der Waals surface area (Å²) in [5.74, 6) is 0.404. The van der Waals surface area contributed by atoms with Gasteiger partial charge in [-0.25, -0.2) is 4.18 Å². The van der Waals surface area contributed by atoms with E-state index in [-0.39, 0.29) is 0 Å². The fraction of sp³-hybridized carbons (Fsp3) is 0.250. The summed E-state index contributed by atoms with van der Waals surface area (Å²) >= 11 is 10.3. The van der Waals surface area contributed by atoms with Crippen molar-refractivity contribution in [2.45, 2.75) is 13.2 Å². The first-order valence-electron chi connectivity index (χ1n) is 4.08. The van der Waals surface area contributed by atoms with Crippen LogP contribution in [0.2, 0.25) is 5.02 Å². The van der Waals surface area contributed by atoms with Gasteiger partial charge in [-0.15, -0.1) is 3.74 Å². The quantitative estimate of drug-likeness (QED) is 0.779. The Bertz CT molecular complexity index is 430. The van der Waals surface area contributed by atoms with E-state index >= 15 is 0 Å². The molecule has 1 rings (SSSR count). The van der Waals surface area contributed by atoms with E-state index in [4.69, 9.17) is 16.3 Å². The molecule has 1 unspecified atom stereocenters. The number of benzene rings is 1. The molecule has 0 saturated heterocycles. The van der Waals surface area contributed by atoms with Gasteiger partial charge in [-0.05, 0) is 31.2 Å². The van der Waals surface area contributed by atoms with E-state index in [0.717, 1.165) is 0 Å². The normalized spacial score (nSPS) is 13.4. The highest BCUT2D eigenvalue weighted by molar-refractivity contribution is 7.82. The van der Waals surface area contributed by atoms with Crippen LogP contribution < -0.4 is 4.74 Å². The first-order chi connectivity index (χ1) is 7.43. The monoisotopic (exact) mass is 286 g/mol. The molecule has 0 aliphatic carbocycles. The summed E-state index contributed by atoms with van der Waals surface area (Å²) in [5.41, 5.74) is 0. The zero-order chi connectivity index (χ0) is 12.2. The maximum absolute atomic E-state index is 10.8. The maximum atomic E-state index is 10.8. The predicted octanol–water partition coefficient (Wildman–Crippen LogP) is 2.50. The number of halogens is 2. The molecule has 90 valence electrons. The number of hydrogen-bond acceptors (Lipinski definition) is 5. The van der Waals surface area contributed by atoms with Gasteiger partial charge in [0.1, 0.15) is 5.75 Å². The van der Waals surface area contributed by atoms with Crippen molar-refractivity contribution in [3.05, 3.63) is 29.3 Å². The molecule has 16 heavy (non-hydrogen) atoms. The van der Waals surface area contributed by atoms with Gasteiger partial charge in [0.05, 0.1) is 11.9 Å². The van der Waals surface area contributed by atoms with Crippen LogP contribution in [-0.2, 0) is 18.3 Å².